The van der Waals surface area contributed by atoms with E-state index in [2.05, 4.69) is 9.97 Å². The van der Waals surface area contributed by atoms with Crippen molar-refractivity contribution in [2.45, 2.75) is 6.18 Å². The smallest absolute Gasteiger partial charge is 0.236 e. The zero-order valence-corrected chi connectivity index (χ0v) is 10.7. The Morgan fingerprint density at radius 1 is 1.10 bits per heavy atom. The summed E-state index contributed by atoms with van der Waals surface area (Å²) >= 11 is 6.07. The Morgan fingerprint density at radius 2 is 1.90 bits per heavy atom. The van der Waals surface area contributed by atoms with Gasteiger partial charge < -0.3 is 0 Å². The molecule has 0 spiro atoms. The quantitative estimate of drug-likeness (QED) is 0.676. The number of nitrogens with zero attached hydrogens (tertiary/aromatic N) is 3. The molecule has 102 valence electrons. The minimum Gasteiger partial charge on any atom is -0.236 e. The van der Waals surface area contributed by atoms with Crippen molar-refractivity contribution in [3.8, 4) is 11.4 Å². The van der Waals surface area contributed by atoms with Crippen LogP contribution in [0.4, 0.5) is 13.2 Å². The van der Waals surface area contributed by atoms with Crippen LogP contribution in [0.25, 0.3) is 22.6 Å². The lowest BCUT2D eigenvalue weighted by Crippen LogP contribution is -2.04. The Bertz CT molecular complexity index is 780. The molecule has 0 fully saturated rings. The van der Waals surface area contributed by atoms with Crippen molar-refractivity contribution in [3.05, 3.63) is 48.2 Å². The molecular weight excluding hydrogens is 291 g/mol. The predicted octanol–water partition coefficient (Wildman–Crippen LogP) is 4.12. The van der Waals surface area contributed by atoms with E-state index in [1.54, 1.807) is 18.3 Å². The van der Waals surface area contributed by atoms with Gasteiger partial charge in [0.15, 0.2) is 11.5 Å². The van der Waals surface area contributed by atoms with E-state index in [1.165, 1.54) is 12.1 Å². The number of rotatable bonds is 1. The third-order valence-electron chi connectivity index (χ3n) is 2.81. The SMILES string of the molecule is FC(F)(F)c1cccc(-c2nc3cccnc3n2Cl)c1. The molecule has 0 unspecified atom stereocenters. The average molecular weight is 298 g/mol. The van der Waals surface area contributed by atoms with E-state index in [0.29, 0.717) is 11.2 Å². The number of fused-ring (bicyclic) bond motifs is 1. The molecule has 1 aromatic carbocycles. The van der Waals surface area contributed by atoms with Gasteiger partial charge in [0.05, 0.1) is 5.56 Å². The van der Waals surface area contributed by atoms with E-state index in [9.17, 15) is 13.2 Å². The monoisotopic (exact) mass is 297 g/mol. The first kappa shape index (κ1) is 12.9. The second-order valence-electron chi connectivity index (χ2n) is 4.14. The first-order chi connectivity index (χ1) is 9.47. The number of hydrogen-bond acceptors (Lipinski definition) is 2. The molecule has 0 N–H and O–H groups in total. The van der Waals surface area contributed by atoms with E-state index in [1.807, 2.05) is 0 Å². The number of hydrogen-bond donors (Lipinski definition) is 0. The number of aromatic nitrogens is 3. The van der Waals surface area contributed by atoms with Gasteiger partial charge in [-0.15, -0.1) is 0 Å². The summed E-state index contributed by atoms with van der Waals surface area (Å²) in [6, 6.07) is 8.24. The van der Waals surface area contributed by atoms with Gasteiger partial charge in [-0.25, -0.2) is 14.1 Å². The van der Waals surface area contributed by atoms with Crippen LogP contribution in [0.1, 0.15) is 5.56 Å². The summed E-state index contributed by atoms with van der Waals surface area (Å²) in [6.07, 6.45) is -2.86. The number of benzene rings is 1. The standard InChI is InChI=1S/C13H7ClF3N3/c14-20-11(19-10-5-2-6-18-12(10)20)8-3-1-4-9(7-8)13(15,16)17/h1-7H. The van der Waals surface area contributed by atoms with Gasteiger partial charge in [0, 0.05) is 23.5 Å². The van der Waals surface area contributed by atoms with Crippen LogP contribution >= 0.6 is 11.8 Å². The molecule has 3 aromatic rings. The fourth-order valence-corrected chi connectivity index (χ4v) is 2.16. The van der Waals surface area contributed by atoms with Crippen LogP contribution in [-0.2, 0) is 6.18 Å². The van der Waals surface area contributed by atoms with Crippen molar-refractivity contribution in [3.63, 3.8) is 0 Å². The van der Waals surface area contributed by atoms with Crippen molar-refractivity contribution in [1.29, 1.82) is 0 Å². The summed E-state index contributed by atoms with van der Waals surface area (Å²) in [4.78, 5) is 8.25. The van der Waals surface area contributed by atoms with E-state index >= 15 is 0 Å². The summed E-state index contributed by atoms with van der Waals surface area (Å²) in [6.45, 7) is 0. The van der Waals surface area contributed by atoms with E-state index in [0.717, 1.165) is 16.2 Å². The third-order valence-corrected chi connectivity index (χ3v) is 3.13. The van der Waals surface area contributed by atoms with Gasteiger partial charge >= 0.3 is 6.18 Å². The lowest BCUT2D eigenvalue weighted by Gasteiger charge is -2.07. The molecule has 2 heterocycles. The second-order valence-corrected chi connectivity index (χ2v) is 4.48. The molecule has 0 amide bonds. The zero-order valence-electron chi connectivity index (χ0n) is 9.89. The summed E-state index contributed by atoms with van der Waals surface area (Å²) in [5, 5.41) is 0. The van der Waals surface area contributed by atoms with E-state index in [4.69, 9.17) is 11.8 Å². The maximum Gasteiger partial charge on any atom is 0.416 e. The summed E-state index contributed by atoms with van der Waals surface area (Å²) < 4.78 is 39.3. The Kier molecular flexibility index (Phi) is 2.90. The number of alkyl halides is 3. The highest BCUT2D eigenvalue weighted by atomic mass is 35.5. The van der Waals surface area contributed by atoms with Gasteiger partial charge in [-0.3, -0.25) is 0 Å². The summed E-state index contributed by atoms with van der Waals surface area (Å²) in [5.74, 6) is 0.228. The molecule has 0 aliphatic rings. The lowest BCUT2D eigenvalue weighted by molar-refractivity contribution is -0.137. The largest absolute Gasteiger partial charge is 0.416 e. The van der Waals surface area contributed by atoms with Crippen molar-refractivity contribution in [1.82, 2.24) is 14.1 Å². The molecule has 3 rings (SSSR count). The Labute approximate surface area is 116 Å². The number of halogens is 4. The molecule has 0 radical (unpaired) electrons. The molecule has 0 saturated heterocycles. The number of imidazole rings is 1. The Morgan fingerprint density at radius 3 is 2.60 bits per heavy atom. The van der Waals surface area contributed by atoms with Crippen LogP contribution in [0, 0.1) is 0 Å². The highest BCUT2D eigenvalue weighted by Gasteiger charge is 2.30. The van der Waals surface area contributed by atoms with Crippen LogP contribution in [0.5, 0.6) is 0 Å². The zero-order chi connectivity index (χ0) is 14.3. The van der Waals surface area contributed by atoms with Gasteiger partial charge in [0.2, 0.25) is 0 Å². The van der Waals surface area contributed by atoms with Crippen LogP contribution in [0.15, 0.2) is 42.6 Å². The van der Waals surface area contributed by atoms with Gasteiger partial charge in [-0.1, -0.05) is 12.1 Å². The van der Waals surface area contributed by atoms with Crippen LogP contribution in [0.3, 0.4) is 0 Å². The number of pyridine rings is 1. The first-order valence-corrected chi connectivity index (χ1v) is 5.98. The Hall–Kier alpha value is -2.08. The van der Waals surface area contributed by atoms with Crippen LogP contribution in [0.2, 0.25) is 0 Å². The van der Waals surface area contributed by atoms with Gasteiger partial charge in [0.25, 0.3) is 0 Å². The fraction of sp³-hybridized carbons (Fsp3) is 0.0769. The molecule has 3 nitrogen and oxygen atoms in total. The minimum absolute atomic E-state index is 0.228. The average Bonchev–Trinajstić information content (AvgIpc) is 2.76. The lowest BCUT2D eigenvalue weighted by atomic mass is 10.1. The van der Waals surface area contributed by atoms with Crippen LogP contribution in [-0.4, -0.2) is 14.1 Å². The second kappa shape index (κ2) is 4.49. The van der Waals surface area contributed by atoms with Crippen molar-refractivity contribution >= 4 is 22.9 Å². The van der Waals surface area contributed by atoms with Crippen molar-refractivity contribution in [2.24, 2.45) is 0 Å². The summed E-state index contributed by atoms with van der Waals surface area (Å²) in [7, 11) is 0. The minimum atomic E-state index is -4.41. The van der Waals surface area contributed by atoms with Crippen LogP contribution < -0.4 is 0 Å². The maximum atomic E-state index is 12.7. The molecule has 2 aromatic heterocycles. The molecular formula is C13H7ClF3N3. The highest BCUT2D eigenvalue weighted by Crippen LogP contribution is 2.32. The van der Waals surface area contributed by atoms with E-state index in [-0.39, 0.29) is 11.4 Å². The molecule has 0 aliphatic carbocycles. The highest BCUT2D eigenvalue weighted by molar-refractivity contribution is 6.20. The molecule has 7 heteroatoms. The molecule has 0 aliphatic heterocycles. The normalized spacial score (nSPS) is 12.0. The predicted molar refractivity (Wildman–Crippen MR) is 69.2 cm³/mol. The fourth-order valence-electron chi connectivity index (χ4n) is 1.90. The van der Waals surface area contributed by atoms with Gasteiger partial charge in [-0.05, 0) is 24.3 Å². The topological polar surface area (TPSA) is 30.7 Å². The van der Waals surface area contributed by atoms with E-state index < -0.39 is 11.7 Å². The maximum absolute atomic E-state index is 12.7. The molecule has 0 saturated carbocycles. The van der Waals surface area contributed by atoms with Gasteiger partial charge in [-0.2, -0.15) is 13.2 Å². The summed E-state index contributed by atoms with van der Waals surface area (Å²) in [5.41, 5.74) is 0.469. The van der Waals surface area contributed by atoms with Gasteiger partial charge in [0.1, 0.15) is 5.52 Å². The van der Waals surface area contributed by atoms with Crippen molar-refractivity contribution in [2.75, 3.05) is 0 Å². The van der Waals surface area contributed by atoms with Crippen molar-refractivity contribution < 1.29 is 13.2 Å². The third kappa shape index (κ3) is 2.12. The molecule has 20 heavy (non-hydrogen) atoms. The molecule has 0 bridgehead atoms. The Balaban J connectivity index is 2.18. The molecule has 0 atom stereocenters. The first-order valence-electron chi connectivity index (χ1n) is 5.64.